The van der Waals surface area contributed by atoms with Crippen molar-refractivity contribution in [3.63, 3.8) is 0 Å². The lowest BCUT2D eigenvalue weighted by atomic mass is 10.2. The van der Waals surface area contributed by atoms with Crippen LogP contribution in [0.4, 0.5) is 0 Å². The number of carbonyl (C=O) groups is 1. The van der Waals surface area contributed by atoms with Crippen LogP contribution in [0.15, 0.2) is 0 Å². The molecule has 1 aliphatic rings. The molecule has 1 amide bonds. The molecule has 0 aromatic heterocycles. The Labute approximate surface area is 72.8 Å². The molecule has 3 heteroatoms. The summed E-state index contributed by atoms with van der Waals surface area (Å²) < 4.78 is 0. The van der Waals surface area contributed by atoms with Crippen LogP contribution in [0.5, 0.6) is 0 Å². The number of carbonyl (C=O) groups excluding carboxylic acids is 1. The van der Waals surface area contributed by atoms with Crippen molar-refractivity contribution in [2.75, 3.05) is 6.54 Å². The van der Waals surface area contributed by atoms with E-state index < -0.39 is 0 Å². The first-order chi connectivity index (χ1) is 5.65. The highest BCUT2D eigenvalue weighted by atomic mass is 16.2. The van der Waals surface area contributed by atoms with Crippen molar-refractivity contribution in [3.8, 4) is 6.07 Å². The monoisotopic (exact) mass is 166 g/mol. The second-order valence-corrected chi connectivity index (χ2v) is 3.59. The highest BCUT2D eigenvalue weighted by Crippen LogP contribution is 2.37. The molecule has 0 bridgehead atoms. The largest absolute Gasteiger partial charge is 0.355 e. The molecule has 1 fully saturated rings. The van der Waals surface area contributed by atoms with Crippen LogP contribution < -0.4 is 5.32 Å². The molecule has 3 nitrogen and oxygen atoms in total. The average Bonchev–Trinajstić information content (AvgIpc) is 2.77. The molecule has 3 unspecified atom stereocenters. The number of amides is 1. The molecule has 0 radical (unpaired) electrons. The first-order valence-electron chi connectivity index (χ1n) is 4.32. The van der Waals surface area contributed by atoms with Gasteiger partial charge in [0.05, 0.1) is 12.0 Å². The normalized spacial score (nSPS) is 28.8. The van der Waals surface area contributed by atoms with Gasteiger partial charge in [-0.15, -0.1) is 0 Å². The minimum Gasteiger partial charge on any atom is -0.355 e. The van der Waals surface area contributed by atoms with Crippen LogP contribution >= 0.6 is 0 Å². The van der Waals surface area contributed by atoms with E-state index in [4.69, 9.17) is 5.26 Å². The fourth-order valence-corrected chi connectivity index (χ4v) is 1.12. The van der Waals surface area contributed by atoms with Gasteiger partial charge in [0.2, 0.25) is 5.91 Å². The van der Waals surface area contributed by atoms with Gasteiger partial charge in [-0.2, -0.15) is 5.26 Å². The molecule has 0 heterocycles. The molecule has 1 saturated carbocycles. The molecular weight excluding hydrogens is 152 g/mol. The van der Waals surface area contributed by atoms with E-state index in [2.05, 4.69) is 18.3 Å². The molecule has 0 spiro atoms. The van der Waals surface area contributed by atoms with E-state index in [1.54, 1.807) is 6.92 Å². The van der Waals surface area contributed by atoms with Gasteiger partial charge in [-0.05, 0) is 19.3 Å². The topological polar surface area (TPSA) is 52.9 Å². The number of nitriles is 1. The summed E-state index contributed by atoms with van der Waals surface area (Å²) in [7, 11) is 0. The van der Waals surface area contributed by atoms with Crippen LogP contribution in [-0.2, 0) is 4.79 Å². The van der Waals surface area contributed by atoms with E-state index >= 15 is 0 Å². The summed E-state index contributed by atoms with van der Waals surface area (Å²) >= 11 is 0. The highest BCUT2D eigenvalue weighted by molar-refractivity contribution is 5.81. The van der Waals surface area contributed by atoms with E-state index in [0.29, 0.717) is 12.5 Å². The minimum atomic E-state index is -0.0805. The Hall–Kier alpha value is -1.04. The summed E-state index contributed by atoms with van der Waals surface area (Å²) in [4.78, 5) is 11.2. The lowest BCUT2D eigenvalue weighted by Crippen LogP contribution is -2.29. The van der Waals surface area contributed by atoms with Gasteiger partial charge in [0, 0.05) is 12.5 Å². The molecule has 1 rings (SSSR count). The van der Waals surface area contributed by atoms with Crippen LogP contribution in [0.1, 0.15) is 20.3 Å². The molecule has 12 heavy (non-hydrogen) atoms. The number of hydrogen-bond donors (Lipinski definition) is 1. The molecule has 1 aliphatic carbocycles. The molecule has 0 saturated heterocycles. The summed E-state index contributed by atoms with van der Waals surface area (Å²) in [5.41, 5.74) is 0. The van der Waals surface area contributed by atoms with Crippen molar-refractivity contribution in [2.24, 2.45) is 17.8 Å². The van der Waals surface area contributed by atoms with E-state index in [1.807, 2.05) is 0 Å². The predicted molar refractivity (Wildman–Crippen MR) is 45.1 cm³/mol. The maximum absolute atomic E-state index is 11.2. The first kappa shape index (κ1) is 9.05. The Bertz CT molecular complexity index is 219. The average molecular weight is 166 g/mol. The van der Waals surface area contributed by atoms with E-state index in [-0.39, 0.29) is 17.7 Å². The van der Waals surface area contributed by atoms with Gasteiger partial charge >= 0.3 is 0 Å². The van der Waals surface area contributed by atoms with Crippen molar-refractivity contribution in [3.05, 3.63) is 0 Å². The summed E-state index contributed by atoms with van der Waals surface area (Å²) in [6.45, 7) is 4.35. The van der Waals surface area contributed by atoms with E-state index in [9.17, 15) is 4.79 Å². The Morgan fingerprint density at radius 3 is 2.83 bits per heavy atom. The minimum absolute atomic E-state index is 0.0805. The zero-order valence-electron chi connectivity index (χ0n) is 7.50. The fourth-order valence-electron chi connectivity index (χ4n) is 1.12. The van der Waals surface area contributed by atoms with Gasteiger partial charge in [-0.1, -0.05) is 6.92 Å². The lowest BCUT2D eigenvalue weighted by molar-refractivity contribution is -0.122. The number of nitrogens with one attached hydrogen (secondary N) is 1. The fraction of sp³-hybridized carbons (Fsp3) is 0.778. The summed E-state index contributed by atoms with van der Waals surface area (Å²) in [5.74, 6) is 0.797. The molecule has 0 aromatic carbocycles. The standard InChI is InChI=1S/C9H14N2O/c1-6(4-10)5-11-9(12)8-3-7(8)2/h6-8H,3,5H2,1-2H3,(H,11,12). The lowest BCUT2D eigenvalue weighted by Gasteiger charge is -2.04. The molecule has 1 N–H and O–H groups in total. The summed E-state index contributed by atoms with van der Waals surface area (Å²) in [6.07, 6.45) is 1.01. The van der Waals surface area contributed by atoms with Crippen molar-refractivity contribution in [1.29, 1.82) is 5.26 Å². The van der Waals surface area contributed by atoms with Crippen molar-refractivity contribution < 1.29 is 4.79 Å². The van der Waals surface area contributed by atoms with Gasteiger partial charge < -0.3 is 5.32 Å². The molecule has 0 aliphatic heterocycles. The maximum atomic E-state index is 11.2. The third-order valence-electron chi connectivity index (χ3n) is 2.25. The number of hydrogen-bond acceptors (Lipinski definition) is 2. The van der Waals surface area contributed by atoms with Crippen LogP contribution in [-0.4, -0.2) is 12.5 Å². The van der Waals surface area contributed by atoms with Crippen molar-refractivity contribution >= 4 is 5.91 Å². The second-order valence-electron chi connectivity index (χ2n) is 3.59. The Morgan fingerprint density at radius 1 is 1.83 bits per heavy atom. The second kappa shape index (κ2) is 3.57. The zero-order valence-corrected chi connectivity index (χ0v) is 7.50. The quantitative estimate of drug-likeness (QED) is 0.677. The molecule has 66 valence electrons. The molecule has 3 atom stereocenters. The Kier molecular flexibility index (Phi) is 2.69. The smallest absolute Gasteiger partial charge is 0.223 e. The summed E-state index contributed by atoms with van der Waals surface area (Å²) in [5, 5.41) is 11.2. The number of rotatable bonds is 3. The molecular formula is C9H14N2O. The maximum Gasteiger partial charge on any atom is 0.223 e. The van der Waals surface area contributed by atoms with Crippen molar-refractivity contribution in [2.45, 2.75) is 20.3 Å². The molecule has 0 aromatic rings. The first-order valence-corrected chi connectivity index (χ1v) is 4.32. The van der Waals surface area contributed by atoms with Crippen LogP contribution in [0.25, 0.3) is 0 Å². The SMILES string of the molecule is CC(C#N)CNC(=O)C1CC1C. The van der Waals surface area contributed by atoms with Gasteiger partial charge in [-0.3, -0.25) is 4.79 Å². The third-order valence-corrected chi connectivity index (χ3v) is 2.25. The predicted octanol–water partition coefficient (Wildman–Crippen LogP) is 0.918. The number of nitrogens with zero attached hydrogens (tertiary/aromatic N) is 1. The van der Waals surface area contributed by atoms with Gasteiger partial charge in [-0.25, -0.2) is 0 Å². The van der Waals surface area contributed by atoms with Crippen LogP contribution in [0.3, 0.4) is 0 Å². The van der Waals surface area contributed by atoms with E-state index in [1.165, 1.54) is 0 Å². The van der Waals surface area contributed by atoms with Crippen LogP contribution in [0, 0.1) is 29.1 Å². The van der Waals surface area contributed by atoms with Gasteiger partial charge in [0.1, 0.15) is 0 Å². The van der Waals surface area contributed by atoms with E-state index in [0.717, 1.165) is 6.42 Å². The Morgan fingerprint density at radius 2 is 2.42 bits per heavy atom. The zero-order chi connectivity index (χ0) is 9.14. The Balaban J connectivity index is 2.16. The van der Waals surface area contributed by atoms with Gasteiger partial charge in [0.25, 0.3) is 0 Å². The van der Waals surface area contributed by atoms with Crippen molar-refractivity contribution in [1.82, 2.24) is 5.32 Å². The summed E-state index contributed by atoms with van der Waals surface area (Å²) in [6, 6.07) is 2.08. The van der Waals surface area contributed by atoms with Crippen LogP contribution in [0.2, 0.25) is 0 Å². The third kappa shape index (κ3) is 2.23. The van der Waals surface area contributed by atoms with Gasteiger partial charge in [0.15, 0.2) is 0 Å². The highest BCUT2D eigenvalue weighted by Gasteiger charge is 2.38.